The van der Waals surface area contributed by atoms with Crippen LogP contribution in [-0.4, -0.2) is 25.2 Å². The standard InChI is InChI=1S/C20H23F2N3O/c21-16-4-1-14(2-5-16)11-15-3-8-19(23-12-15)13-24-20(26)25-18-9-6-17(22)7-10-18/h1-2,4-7,9-10,15,19,23H,3,8,11-13H2,(H2,24,25,26)/t15-,19-/m1/s1. The number of halogens is 2. The van der Waals surface area contributed by atoms with E-state index in [0.717, 1.165) is 31.4 Å². The number of carbonyl (C=O) groups excluding carboxylic acids is 1. The zero-order valence-corrected chi connectivity index (χ0v) is 14.5. The minimum Gasteiger partial charge on any atom is -0.336 e. The zero-order chi connectivity index (χ0) is 18.4. The van der Waals surface area contributed by atoms with Crippen LogP contribution in [0.5, 0.6) is 0 Å². The van der Waals surface area contributed by atoms with Crippen LogP contribution in [0.25, 0.3) is 0 Å². The van der Waals surface area contributed by atoms with Crippen molar-refractivity contribution in [3.05, 3.63) is 65.7 Å². The number of urea groups is 1. The van der Waals surface area contributed by atoms with Crippen molar-refractivity contribution in [1.29, 1.82) is 0 Å². The molecule has 0 aromatic heterocycles. The molecule has 0 radical (unpaired) electrons. The van der Waals surface area contributed by atoms with E-state index < -0.39 is 0 Å². The topological polar surface area (TPSA) is 53.2 Å². The van der Waals surface area contributed by atoms with Crippen molar-refractivity contribution < 1.29 is 13.6 Å². The van der Waals surface area contributed by atoms with Gasteiger partial charge >= 0.3 is 6.03 Å². The Kier molecular flexibility index (Phi) is 6.17. The molecule has 3 N–H and O–H groups in total. The highest BCUT2D eigenvalue weighted by Gasteiger charge is 2.21. The number of amides is 2. The van der Waals surface area contributed by atoms with E-state index >= 15 is 0 Å². The van der Waals surface area contributed by atoms with Gasteiger partial charge in [-0.05, 0) is 73.7 Å². The van der Waals surface area contributed by atoms with Crippen molar-refractivity contribution in [3.63, 3.8) is 0 Å². The molecular weight excluding hydrogens is 336 g/mol. The van der Waals surface area contributed by atoms with Crippen LogP contribution in [0.15, 0.2) is 48.5 Å². The Morgan fingerprint density at radius 1 is 1.00 bits per heavy atom. The van der Waals surface area contributed by atoms with Crippen LogP contribution in [0, 0.1) is 17.6 Å². The molecular formula is C20H23F2N3O. The first kappa shape index (κ1) is 18.3. The maximum atomic E-state index is 13.0. The van der Waals surface area contributed by atoms with Crippen molar-refractivity contribution in [3.8, 4) is 0 Å². The number of carbonyl (C=O) groups is 1. The lowest BCUT2D eigenvalue weighted by Gasteiger charge is -2.30. The number of anilines is 1. The number of rotatable bonds is 5. The van der Waals surface area contributed by atoms with Crippen molar-refractivity contribution in [2.45, 2.75) is 25.3 Å². The van der Waals surface area contributed by atoms with Gasteiger partial charge in [0.25, 0.3) is 0 Å². The van der Waals surface area contributed by atoms with E-state index in [1.165, 1.54) is 36.4 Å². The van der Waals surface area contributed by atoms with Crippen LogP contribution >= 0.6 is 0 Å². The Hall–Kier alpha value is -2.47. The van der Waals surface area contributed by atoms with Gasteiger partial charge in [0, 0.05) is 18.3 Å². The Morgan fingerprint density at radius 3 is 2.27 bits per heavy atom. The van der Waals surface area contributed by atoms with Crippen molar-refractivity contribution in [1.82, 2.24) is 10.6 Å². The van der Waals surface area contributed by atoms with Crippen LogP contribution in [0.4, 0.5) is 19.3 Å². The summed E-state index contributed by atoms with van der Waals surface area (Å²) in [6.45, 7) is 1.42. The molecule has 1 fully saturated rings. The third kappa shape index (κ3) is 5.52. The smallest absolute Gasteiger partial charge is 0.319 e. The molecule has 4 nitrogen and oxygen atoms in total. The highest BCUT2D eigenvalue weighted by Crippen LogP contribution is 2.19. The summed E-state index contributed by atoms with van der Waals surface area (Å²) in [7, 11) is 0. The van der Waals surface area contributed by atoms with Gasteiger partial charge in [-0.2, -0.15) is 0 Å². The zero-order valence-electron chi connectivity index (χ0n) is 14.5. The van der Waals surface area contributed by atoms with Crippen molar-refractivity contribution in [2.75, 3.05) is 18.4 Å². The lowest BCUT2D eigenvalue weighted by Crippen LogP contribution is -2.47. The van der Waals surface area contributed by atoms with Gasteiger partial charge in [0.15, 0.2) is 0 Å². The molecule has 1 saturated heterocycles. The summed E-state index contributed by atoms with van der Waals surface area (Å²) < 4.78 is 25.8. The van der Waals surface area contributed by atoms with Gasteiger partial charge in [-0.1, -0.05) is 12.1 Å². The van der Waals surface area contributed by atoms with E-state index in [9.17, 15) is 13.6 Å². The van der Waals surface area contributed by atoms with Crippen LogP contribution in [0.1, 0.15) is 18.4 Å². The highest BCUT2D eigenvalue weighted by molar-refractivity contribution is 5.89. The molecule has 6 heteroatoms. The third-order valence-corrected chi connectivity index (χ3v) is 4.67. The van der Waals surface area contributed by atoms with Gasteiger partial charge in [0.2, 0.25) is 0 Å². The summed E-state index contributed by atoms with van der Waals surface area (Å²) in [6, 6.07) is 12.3. The molecule has 3 rings (SSSR count). The van der Waals surface area contributed by atoms with Gasteiger partial charge in [0.05, 0.1) is 0 Å². The molecule has 0 aliphatic carbocycles. The van der Waals surface area contributed by atoms with E-state index in [0.29, 0.717) is 18.2 Å². The van der Waals surface area contributed by atoms with Gasteiger partial charge in [-0.15, -0.1) is 0 Å². The summed E-state index contributed by atoms with van der Waals surface area (Å²) >= 11 is 0. The highest BCUT2D eigenvalue weighted by atomic mass is 19.1. The van der Waals surface area contributed by atoms with Crippen LogP contribution in [-0.2, 0) is 6.42 Å². The number of piperidine rings is 1. The van der Waals surface area contributed by atoms with Crippen LogP contribution < -0.4 is 16.0 Å². The molecule has 0 bridgehead atoms. The predicted molar refractivity (Wildman–Crippen MR) is 98.0 cm³/mol. The molecule has 2 atom stereocenters. The third-order valence-electron chi connectivity index (χ3n) is 4.67. The monoisotopic (exact) mass is 359 g/mol. The molecule has 138 valence electrons. The molecule has 0 saturated carbocycles. The number of benzene rings is 2. The van der Waals surface area contributed by atoms with Gasteiger partial charge in [-0.3, -0.25) is 0 Å². The second kappa shape index (κ2) is 8.76. The first-order chi connectivity index (χ1) is 12.6. The molecule has 2 aromatic rings. The molecule has 1 heterocycles. The first-order valence-electron chi connectivity index (χ1n) is 8.87. The van der Waals surface area contributed by atoms with E-state index in [1.807, 2.05) is 12.1 Å². The maximum Gasteiger partial charge on any atom is 0.319 e. The average Bonchev–Trinajstić information content (AvgIpc) is 2.65. The second-order valence-corrected chi connectivity index (χ2v) is 6.72. The SMILES string of the molecule is O=C(NC[C@H]1CC[C@H](Cc2ccc(F)cc2)CN1)Nc1ccc(F)cc1. The minimum absolute atomic E-state index is 0.208. The fraction of sp³-hybridized carbons (Fsp3) is 0.350. The maximum absolute atomic E-state index is 13.0. The van der Waals surface area contributed by atoms with Crippen LogP contribution in [0.3, 0.4) is 0 Å². The molecule has 1 aliphatic heterocycles. The second-order valence-electron chi connectivity index (χ2n) is 6.72. The quantitative estimate of drug-likeness (QED) is 0.762. The lowest BCUT2D eigenvalue weighted by molar-refractivity contribution is 0.247. The Bertz CT molecular complexity index is 711. The molecule has 2 amide bonds. The lowest BCUT2D eigenvalue weighted by atomic mass is 9.89. The van der Waals surface area contributed by atoms with Crippen LogP contribution in [0.2, 0.25) is 0 Å². The largest absolute Gasteiger partial charge is 0.336 e. The fourth-order valence-corrected chi connectivity index (χ4v) is 3.20. The summed E-state index contributed by atoms with van der Waals surface area (Å²) in [5.74, 6) is -0.0251. The number of hydrogen-bond acceptors (Lipinski definition) is 2. The molecule has 1 aliphatic rings. The Balaban J connectivity index is 1.36. The summed E-state index contributed by atoms with van der Waals surface area (Å²) in [5.41, 5.74) is 1.70. The van der Waals surface area contributed by atoms with E-state index in [1.54, 1.807) is 0 Å². The minimum atomic E-state index is -0.336. The Morgan fingerprint density at radius 2 is 1.65 bits per heavy atom. The number of hydrogen-bond donors (Lipinski definition) is 3. The van der Waals surface area contributed by atoms with Crippen molar-refractivity contribution >= 4 is 11.7 Å². The van der Waals surface area contributed by atoms with E-state index in [4.69, 9.17) is 0 Å². The van der Waals surface area contributed by atoms with E-state index in [-0.39, 0.29) is 23.7 Å². The van der Waals surface area contributed by atoms with Crippen molar-refractivity contribution in [2.24, 2.45) is 5.92 Å². The molecule has 0 spiro atoms. The normalized spacial score (nSPS) is 19.8. The number of nitrogens with one attached hydrogen (secondary N) is 3. The summed E-state index contributed by atoms with van der Waals surface area (Å²) in [5, 5.41) is 8.98. The molecule has 0 unspecified atom stereocenters. The Labute approximate surface area is 152 Å². The summed E-state index contributed by atoms with van der Waals surface area (Å²) in [4.78, 5) is 11.9. The molecule has 2 aromatic carbocycles. The average molecular weight is 359 g/mol. The first-order valence-corrected chi connectivity index (χ1v) is 8.87. The van der Waals surface area contributed by atoms with Gasteiger partial charge in [-0.25, -0.2) is 13.6 Å². The molecule has 26 heavy (non-hydrogen) atoms. The van der Waals surface area contributed by atoms with Gasteiger partial charge in [0.1, 0.15) is 11.6 Å². The van der Waals surface area contributed by atoms with Gasteiger partial charge < -0.3 is 16.0 Å². The summed E-state index contributed by atoms with van der Waals surface area (Å²) in [6.07, 6.45) is 2.97. The predicted octanol–water partition coefficient (Wildman–Crippen LogP) is 3.70. The van der Waals surface area contributed by atoms with E-state index in [2.05, 4.69) is 16.0 Å². The fourth-order valence-electron chi connectivity index (χ4n) is 3.20.